The van der Waals surface area contributed by atoms with Crippen LogP contribution in [0.1, 0.15) is 78.1 Å². The second-order valence-corrected chi connectivity index (χ2v) is 11.6. The lowest BCUT2D eigenvalue weighted by Crippen LogP contribution is -2.46. The Labute approximate surface area is 230 Å². The number of esters is 3. The van der Waals surface area contributed by atoms with Gasteiger partial charge in [0, 0.05) is 25.7 Å². The fraction of sp³-hybridized carbons (Fsp3) is 0.548. The molecule has 0 aliphatic heterocycles. The van der Waals surface area contributed by atoms with Crippen LogP contribution in [0.2, 0.25) is 0 Å². The Hall–Kier alpha value is -3.26. The fourth-order valence-electron chi connectivity index (χ4n) is 5.62. The van der Waals surface area contributed by atoms with Crippen molar-refractivity contribution >= 4 is 23.7 Å². The van der Waals surface area contributed by atoms with Crippen molar-refractivity contribution < 1.29 is 38.5 Å². The van der Waals surface area contributed by atoms with E-state index in [1.165, 1.54) is 13.8 Å². The summed E-state index contributed by atoms with van der Waals surface area (Å²) in [6.45, 7) is 11.7. The van der Waals surface area contributed by atoms with E-state index in [4.69, 9.17) is 14.2 Å². The molecule has 3 rings (SSSR count). The van der Waals surface area contributed by atoms with Gasteiger partial charge in [-0.15, -0.1) is 0 Å². The molecule has 212 valence electrons. The Morgan fingerprint density at radius 3 is 2.18 bits per heavy atom. The number of ketones is 1. The topological polar surface area (TPSA) is 116 Å². The maximum Gasteiger partial charge on any atom is 0.338 e. The van der Waals surface area contributed by atoms with Crippen LogP contribution in [0.4, 0.5) is 0 Å². The minimum atomic E-state index is -1.81. The maximum absolute atomic E-state index is 13.7. The monoisotopic (exact) mass is 540 g/mol. The van der Waals surface area contributed by atoms with Gasteiger partial charge in [0.15, 0.2) is 5.78 Å². The number of fused-ring (bicyclic) bond motifs is 1. The van der Waals surface area contributed by atoms with Gasteiger partial charge < -0.3 is 19.3 Å². The van der Waals surface area contributed by atoms with Crippen molar-refractivity contribution in [3.63, 3.8) is 0 Å². The van der Waals surface area contributed by atoms with Crippen LogP contribution >= 0.6 is 0 Å². The second-order valence-electron chi connectivity index (χ2n) is 11.6. The molecule has 1 aromatic carbocycles. The molecule has 2 aliphatic carbocycles. The molecular weight excluding hydrogens is 500 g/mol. The largest absolute Gasteiger partial charge is 0.462 e. The molecule has 1 N–H and O–H groups in total. The molecule has 0 spiro atoms. The van der Waals surface area contributed by atoms with Crippen LogP contribution in [0.25, 0.3) is 0 Å². The number of hydrogen-bond donors (Lipinski definition) is 1. The molecule has 6 atom stereocenters. The van der Waals surface area contributed by atoms with Gasteiger partial charge in [-0.1, -0.05) is 51.1 Å². The average Bonchev–Trinajstić information content (AvgIpc) is 3.09. The van der Waals surface area contributed by atoms with Crippen LogP contribution in [0.3, 0.4) is 0 Å². The number of hydrogen-bond acceptors (Lipinski definition) is 8. The summed E-state index contributed by atoms with van der Waals surface area (Å²) in [5, 5.41) is 11.8. The molecular formula is C31H40O8. The zero-order chi connectivity index (χ0) is 29.1. The number of aliphatic hydroxyl groups is 1. The third kappa shape index (κ3) is 6.85. The van der Waals surface area contributed by atoms with Gasteiger partial charge in [0.05, 0.1) is 11.5 Å². The number of carbonyl (C=O) groups excluding carboxylic acids is 4. The molecule has 0 bridgehead atoms. The van der Waals surface area contributed by atoms with Crippen LogP contribution < -0.4 is 0 Å². The fourth-order valence-corrected chi connectivity index (χ4v) is 5.62. The lowest BCUT2D eigenvalue weighted by atomic mass is 9.76. The Kier molecular flexibility index (Phi) is 9.21. The average molecular weight is 541 g/mol. The zero-order valence-corrected chi connectivity index (χ0v) is 23.9. The summed E-state index contributed by atoms with van der Waals surface area (Å²) in [4.78, 5) is 50.9. The first kappa shape index (κ1) is 30.3. The second kappa shape index (κ2) is 11.9. The molecule has 1 saturated carbocycles. The van der Waals surface area contributed by atoms with E-state index in [1.807, 2.05) is 20.8 Å². The van der Waals surface area contributed by atoms with Crippen molar-refractivity contribution in [1.29, 1.82) is 0 Å². The summed E-state index contributed by atoms with van der Waals surface area (Å²) in [6, 6.07) is 8.54. The quantitative estimate of drug-likeness (QED) is 0.331. The Bertz CT molecular complexity index is 1160. The lowest BCUT2D eigenvalue weighted by Gasteiger charge is -2.37. The van der Waals surface area contributed by atoms with E-state index in [0.717, 1.165) is 0 Å². The molecule has 1 aromatic rings. The predicted molar refractivity (Wildman–Crippen MR) is 145 cm³/mol. The summed E-state index contributed by atoms with van der Waals surface area (Å²) in [6.07, 6.45) is 1.81. The van der Waals surface area contributed by atoms with Crippen LogP contribution in [-0.4, -0.2) is 52.7 Å². The van der Waals surface area contributed by atoms with E-state index < -0.39 is 58.9 Å². The van der Waals surface area contributed by atoms with Gasteiger partial charge in [-0.25, -0.2) is 4.79 Å². The van der Waals surface area contributed by atoms with Gasteiger partial charge in [0.1, 0.15) is 23.9 Å². The summed E-state index contributed by atoms with van der Waals surface area (Å²) in [5.41, 5.74) is -1.15. The number of rotatable bonds is 4. The van der Waals surface area contributed by atoms with Crippen molar-refractivity contribution in [3.05, 3.63) is 59.2 Å². The molecule has 39 heavy (non-hydrogen) atoms. The van der Waals surface area contributed by atoms with Crippen molar-refractivity contribution in [3.8, 4) is 0 Å². The first-order chi connectivity index (χ1) is 18.2. The molecule has 0 radical (unpaired) electrons. The molecule has 1 unspecified atom stereocenters. The number of ether oxygens (including phenoxy) is 3. The molecule has 8 heteroatoms. The van der Waals surface area contributed by atoms with Crippen LogP contribution in [-0.2, 0) is 28.6 Å². The standard InChI is InChI=1S/C31H40O8/c1-18-13-14-30(6,7)26(37-21(4)32)16-25(39-29(35)23-11-9-8-10-12-23)19(2)15-24-27(38-22(5)33)20(3)17-31(24,36)28(18)34/h8-13,15,20,24-27,36H,14,16-17H2,1-7H3/b18-13+,19-15+/t20-,24+,25-,26?,27+,31-/m1/s1. The molecule has 8 nitrogen and oxygen atoms in total. The number of carbonyl (C=O) groups is 4. The number of Topliss-reactive ketones (excluding diaryl/α,β-unsaturated/α-hetero) is 1. The van der Waals surface area contributed by atoms with Crippen molar-refractivity contribution in [2.24, 2.45) is 17.3 Å². The van der Waals surface area contributed by atoms with E-state index in [1.54, 1.807) is 56.3 Å². The molecule has 0 saturated heterocycles. The summed E-state index contributed by atoms with van der Waals surface area (Å²) >= 11 is 0. The molecule has 1 fully saturated rings. The molecule has 0 amide bonds. The van der Waals surface area contributed by atoms with E-state index >= 15 is 0 Å². The Balaban J connectivity index is 2.16. The predicted octanol–water partition coefficient (Wildman–Crippen LogP) is 4.74. The number of allylic oxidation sites excluding steroid dienone is 1. The van der Waals surface area contributed by atoms with Gasteiger partial charge in [0.2, 0.25) is 0 Å². The highest BCUT2D eigenvalue weighted by Gasteiger charge is 2.56. The van der Waals surface area contributed by atoms with E-state index in [2.05, 4.69) is 0 Å². The van der Waals surface area contributed by atoms with E-state index in [0.29, 0.717) is 23.1 Å². The summed E-state index contributed by atoms with van der Waals surface area (Å²) < 4.78 is 17.3. The van der Waals surface area contributed by atoms with E-state index in [-0.39, 0.29) is 18.8 Å². The zero-order valence-electron chi connectivity index (χ0n) is 23.9. The highest BCUT2D eigenvalue weighted by molar-refractivity contribution is 6.02. The molecule has 0 aromatic heterocycles. The maximum atomic E-state index is 13.7. The first-order valence-corrected chi connectivity index (χ1v) is 13.4. The SMILES string of the molecule is CC(=O)OC1C[C@@H](OC(=O)c2ccccc2)/C(C)=C/[C@H]2[C@@H](OC(C)=O)[C@H](C)C[C@]2(O)C(=O)/C(C)=C/CC1(C)C. The van der Waals surface area contributed by atoms with E-state index in [9.17, 15) is 24.3 Å². The highest BCUT2D eigenvalue weighted by Crippen LogP contribution is 2.46. The van der Waals surface area contributed by atoms with Gasteiger partial charge in [-0.2, -0.15) is 0 Å². The minimum Gasteiger partial charge on any atom is -0.462 e. The summed E-state index contributed by atoms with van der Waals surface area (Å²) in [5.74, 6) is -3.16. The normalized spacial score (nSPS) is 33.6. The Morgan fingerprint density at radius 2 is 1.59 bits per heavy atom. The molecule has 2 aliphatic rings. The highest BCUT2D eigenvalue weighted by atomic mass is 16.6. The third-order valence-electron chi connectivity index (χ3n) is 7.90. The van der Waals surface area contributed by atoms with Crippen molar-refractivity contribution in [2.45, 2.75) is 91.6 Å². The third-order valence-corrected chi connectivity index (χ3v) is 7.90. The van der Waals surface area contributed by atoms with Gasteiger partial charge in [0.25, 0.3) is 0 Å². The lowest BCUT2D eigenvalue weighted by molar-refractivity contribution is -0.154. The minimum absolute atomic E-state index is 0.108. The summed E-state index contributed by atoms with van der Waals surface area (Å²) in [7, 11) is 0. The first-order valence-electron chi connectivity index (χ1n) is 13.4. The van der Waals surface area contributed by atoms with Crippen LogP contribution in [0.15, 0.2) is 53.6 Å². The van der Waals surface area contributed by atoms with Gasteiger partial charge in [-0.05, 0) is 55.9 Å². The van der Waals surface area contributed by atoms with Crippen molar-refractivity contribution in [2.75, 3.05) is 0 Å². The number of benzene rings is 1. The smallest absolute Gasteiger partial charge is 0.338 e. The molecule has 0 heterocycles. The van der Waals surface area contributed by atoms with Crippen LogP contribution in [0.5, 0.6) is 0 Å². The van der Waals surface area contributed by atoms with Gasteiger partial charge >= 0.3 is 17.9 Å². The van der Waals surface area contributed by atoms with Gasteiger partial charge in [-0.3, -0.25) is 14.4 Å². The Morgan fingerprint density at radius 1 is 0.974 bits per heavy atom. The van der Waals surface area contributed by atoms with Crippen LogP contribution in [0, 0.1) is 17.3 Å². The van der Waals surface area contributed by atoms with Crippen molar-refractivity contribution in [1.82, 2.24) is 0 Å².